The first-order valence-electron chi connectivity index (χ1n) is 5.55. The van der Waals surface area contributed by atoms with Gasteiger partial charge in [-0.2, -0.15) is 4.98 Å². The highest BCUT2D eigenvalue weighted by Gasteiger charge is 2.12. The SMILES string of the molecule is Cc1noc(CNCC2CCNCC2)n1. The van der Waals surface area contributed by atoms with E-state index in [4.69, 9.17) is 4.52 Å². The second-order valence-corrected chi connectivity index (χ2v) is 4.06. The largest absolute Gasteiger partial charge is 0.338 e. The van der Waals surface area contributed by atoms with Crippen LogP contribution in [0.15, 0.2) is 4.52 Å². The summed E-state index contributed by atoms with van der Waals surface area (Å²) >= 11 is 0. The summed E-state index contributed by atoms with van der Waals surface area (Å²) in [7, 11) is 0. The Balaban J connectivity index is 1.65. The van der Waals surface area contributed by atoms with Crippen molar-refractivity contribution in [1.82, 2.24) is 20.8 Å². The molecule has 0 saturated carbocycles. The van der Waals surface area contributed by atoms with Crippen molar-refractivity contribution in [1.29, 1.82) is 0 Å². The maximum absolute atomic E-state index is 5.02. The van der Waals surface area contributed by atoms with Gasteiger partial charge < -0.3 is 15.2 Å². The molecule has 1 aromatic heterocycles. The molecule has 15 heavy (non-hydrogen) atoms. The second-order valence-electron chi connectivity index (χ2n) is 4.06. The Morgan fingerprint density at radius 2 is 2.27 bits per heavy atom. The van der Waals surface area contributed by atoms with Crippen LogP contribution in [-0.4, -0.2) is 29.8 Å². The summed E-state index contributed by atoms with van der Waals surface area (Å²) < 4.78 is 5.02. The normalized spacial score (nSPS) is 18.2. The molecule has 1 aromatic rings. The number of nitrogens with one attached hydrogen (secondary N) is 2. The zero-order valence-electron chi connectivity index (χ0n) is 9.12. The smallest absolute Gasteiger partial charge is 0.240 e. The molecule has 0 bridgehead atoms. The van der Waals surface area contributed by atoms with Crippen molar-refractivity contribution in [3.8, 4) is 0 Å². The van der Waals surface area contributed by atoms with Crippen LogP contribution in [0.25, 0.3) is 0 Å². The summed E-state index contributed by atoms with van der Waals surface area (Å²) in [5.41, 5.74) is 0. The Labute approximate surface area is 89.6 Å². The molecule has 1 aliphatic heterocycles. The molecule has 1 saturated heterocycles. The molecule has 84 valence electrons. The van der Waals surface area contributed by atoms with Gasteiger partial charge in [-0.05, 0) is 45.3 Å². The van der Waals surface area contributed by atoms with E-state index in [1.807, 2.05) is 6.92 Å². The lowest BCUT2D eigenvalue weighted by molar-refractivity contribution is 0.331. The molecule has 0 amide bonds. The minimum atomic E-state index is 0.682. The summed E-state index contributed by atoms with van der Waals surface area (Å²) in [6.45, 7) is 5.85. The predicted octanol–water partition coefficient (Wildman–Crippen LogP) is 0.467. The van der Waals surface area contributed by atoms with Gasteiger partial charge in [0.25, 0.3) is 0 Å². The van der Waals surface area contributed by atoms with Crippen molar-refractivity contribution in [2.75, 3.05) is 19.6 Å². The highest BCUT2D eigenvalue weighted by atomic mass is 16.5. The van der Waals surface area contributed by atoms with Crippen LogP contribution in [0.1, 0.15) is 24.6 Å². The van der Waals surface area contributed by atoms with Crippen LogP contribution in [0.2, 0.25) is 0 Å². The third-order valence-electron chi connectivity index (χ3n) is 2.74. The van der Waals surface area contributed by atoms with E-state index in [9.17, 15) is 0 Å². The third-order valence-corrected chi connectivity index (χ3v) is 2.74. The molecule has 2 heterocycles. The molecule has 0 spiro atoms. The number of aromatic nitrogens is 2. The zero-order valence-corrected chi connectivity index (χ0v) is 9.12. The van der Waals surface area contributed by atoms with E-state index in [0.29, 0.717) is 18.3 Å². The van der Waals surface area contributed by atoms with Gasteiger partial charge >= 0.3 is 0 Å². The maximum atomic E-state index is 5.02. The summed E-state index contributed by atoms with van der Waals surface area (Å²) in [5.74, 6) is 2.17. The molecule has 5 nitrogen and oxygen atoms in total. The first kappa shape index (κ1) is 10.6. The molecule has 0 unspecified atom stereocenters. The maximum Gasteiger partial charge on any atom is 0.240 e. The summed E-state index contributed by atoms with van der Waals surface area (Å²) in [6, 6.07) is 0. The molecule has 2 N–H and O–H groups in total. The number of nitrogens with zero attached hydrogens (tertiary/aromatic N) is 2. The van der Waals surface area contributed by atoms with E-state index in [1.54, 1.807) is 0 Å². The minimum Gasteiger partial charge on any atom is -0.338 e. The lowest BCUT2D eigenvalue weighted by Crippen LogP contribution is -2.33. The van der Waals surface area contributed by atoms with Crippen LogP contribution >= 0.6 is 0 Å². The Morgan fingerprint density at radius 3 is 2.93 bits per heavy atom. The van der Waals surface area contributed by atoms with Gasteiger partial charge in [0.2, 0.25) is 5.89 Å². The molecule has 1 aliphatic rings. The standard InChI is InChI=1S/C10H18N4O/c1-8-13-10(15-14-8)7-12-6-9-2-4-11-5-3-9/h9,11-12H,2-7H2,1H3. The van der Waals surface area contributed by atoms with E-state index in [1.165, 1.54) is 12.8 Å². The van der Waals surface area contributed by atoms with Crippen LogP contribution in [0.5, 0.6) is 0 Å². The van der Waals surface area contributed by atoms with Gasteiger partial charge in [-0.3, -0.25) is 0 Å². The molecule has 0 atom stereocenters. The lowest BCUT2D eigenvalue weighted by atomic mass is 9.98. The van der Waals surface area contributed by atoms with E-state index < -0.39 is 0 Å². The van der Waals surface area contributed by atoms with E-state index in [-0.39, 0.29) is 0 Å². The van der Waals surface area contributed by atoms with Crippen LogP contribution in [0, 0.1) is 12.8 Å². The Kier molecular flexibility index (Phi) is 3.69. The molecule has 0 radical (unpaired) electrons. The van der Waals surface area contributed by atoms with Gasteiger partial charge in [0.1, 0.15) is 0 Å². The Hall–Kier alpha value is -0.940. The van der Waals surface area contributed by atoms with Crippen LogP contribution in [0.4, 0.5) is 0 Å². The quantitative estimate of drug-likeness (QED) is 0.756. The topological polar surface area (TPSA) is 63.0 Å². The lowest BCUT2D eigenvalue weighted by Gasteiger charge is -2.22. The van der Waals surface area contributed by atoms with E-state index >= 15 is 0 Å². The molecular formula is C10H18N4O. The van der Waals surface area contributed by atoms with E-state index in [2.05, 4.69) is 20.8 Å². The fourth-order valence-electron chi connectivity index (χ4n) is 1.88. The van der Waals surface area contributed by atoms with Crippen molar-refractivity contribution in [2.45, 2.75) is 26.3 Å². The van der Waals surface area contributed by atoms with Crippen LogP contribution < -0.4 is 10.6 Å². The van der Waals surface area contributed by atoms with Crippen molar-refractivity contribution in [3.05, 3.63) is 11.7 Å². The summed E-state index contributed by atoms with van der Waals surface area (Å²) in [4.78, 5) is 4.14. The van der Waals surface area contributed by atoms with Crippen molar-refractivity contribution in [2.24, 2.45) is 5.92 Å². The second kappa shape index (κ2) is 5.23. The number of hydrogen-bond donors (Lipinski definition) is 2. The van der Waals surface area contributed by atoms with Gasteiger partial charge in [-0.25, -0.2) is 0 Å². The zero-order chi connectivity index (χ0) is 10.5. The predicted molar refractivity (Wildman–Crippen MR) is 56.3 cm³/mol. The molecular weight excluding hydrogens is 192 g/mol. The van der Waals surface area contributed by atoms with Gasteiger partial charge in [0, 0.05) is 0 Å². The number of aryl methyl sites for hydroxylation is 1. The molecule has 0 aromatic carbocycles. The number of piperidine rings is 1. The van der Waals surface area contributed by atoms with E-state index in [0.717, 1.165) is 25.6 Å². The molecule has 0 aliphatic carbocycles. The highest BCUT2D eigenvalue weighted by molar-refractivity contribution is 4.82. The molecule has 5 heteroatoms. The monoisotopic (exact) mass is 210 g/mol. The average Bonchev–Trinajstić information content (AvgIpc) is 2.66. The fourth-order valence-corrected chi connectivity index (χ4v) is 1.88. The number of hydrogen-bond acceptors (Lipinski definition) is 5. The average molecular weight is 210 g/mol. The first-order chi connectivity index (χ1) is 7.34. The third kappa shape index (κ3) is 3.28. The highest BCUT2D eigenvalue weighted by Crippen LogP contribution is 2.09. The molecule has 2 rings (SSSR count). The van der Waals surface area contributed by atoms with Crippen LogP contribution in [0.3, 0.4) is 0 Å². The Bertz CT molecular complexity index is 293. The van der Waals surface area contributed by atoms with Gasteiger partial charge in [0.05, 0.1) is 6.54 Å². The summed E-state index contributed by atoms with van der Waals surface area (Å²) in [6.07, 6.45) is 2.52. The van der Waals surface area contributed by atoms with Crippen LogP contribution in [-0.2, 0) is 6.54 Å². The summed E-state index contributed by atoms with van der Waals surface area (Å²) in [5, 5.41) is 10.5. The first-order valence-corrected chi connectivity index (χ1v) is 5.55. The van der Waals surface area contributed by atoms with Gasteiger partial charge in [-0.15, -0.1) is 0 Å². The van der Waals surface area contributed by atoms with Crippen molar-refractivity contribution in [3.63, 3.8) is 0 Å². The van der Waals surface area contributed by atoms with Gasteiger partial charge in [-0.1, -0.05) is 5.16 Å². The Morgan fingerprint density at radius 1 is 1.47 bits per heavy atom. The number of rotatable bonds is 4. The van der Waals surface area contributed by atoms with Crippen molar-refractivity contribution >= 4 is 0 Å². The minimum absolute atomic E-state index is 0.682. The van der Waals surface area contributed by atoms with Crippen molar-refractivity contribution < 1.29 is 4.52 Å². The molecule has 1 fully saturated rings. The van der Waals surface area contributed by atoms with Gasteiger partial charge in [0.15, 0.2) is 5.82 Å². The fraction of sp³-hybridized carbons (Fsp3) is 0.800.